The van der Waals surface area contributed by atoms with Crippen molar-refractivity contribution in [3.8, 4) is 11.9 Å². The molecule has 1 N–H and O–H groups in total. The number of amides is 1. The Morgan fingerprint density at radius 2 is 1.94 bits per heavy atom. The van der Waals surface area contributed by atoms with Crippen molar-refractivity contribution >= 4 is 46.1 Å². The third-order valence-corrected chi connectivity index (χ3v) is 6.83. The van der Waals surface area contributed by atoms with Crippen LogP contribution in [0.15, 0.2) is 34.0 Å². The Labute approximate surface area is 211 Å². The molecule has 1 aromatic carbocycles. The summed E-state index contributed by atoms with van der Waals surface area (Å²) in [4.78, 5) is 40.2. The molecule has 0 bridgehead atoms. The molecule has 35 heavy (non-hydrogen) atoms. The molecule has 0 radical (unpaired) electrons. The van der Waals surface area contributed by atoms with Crippen molar-refractivity contribution < 1.29 is 19.1 Å². The van der Waals surface area contributed by atoms with E-state index in [2.05, 4.69) is 0 Å². The number of aromatic hydroxyl groups is 1. The summed E-state index contributed by atoms with van der Waals surface area (Å²) in [7, 11) is 0. The largest absolute Gasteiger partial charge is 0.494 e. The summed E-state index contributed by atoms with van der Waals surface area (Å²) in [6.45, 7) is 5.53. The number of ketones is 1. The molecule has 1 aliphatic heterocycles. The first-order chi connectivity index (χ1) is 16.5. The van der Waals surface area contributed by atoms with Crippen molar-refractivity contribution in [2.75, 3.05) is 6.54 Å². The van der Waals surface area contributed by atoms with Gasteiger partial charge in [-0.15, -0.1) is 0 Å². The fourth-order valence-corrected chi connectivity index (χ4v) is 5.05. The molecule has 3 rings (SSSR count). The molecular weight excluding hydrogens is 489 g/mol. The van der Waals surface area contributed by atoms with Crippen LogP contribution in [0, 0.1) is 30.0 Å². The number of halogens is 1. The maximum Gasteiger partial charge on any atom is 0.271 e. The number of Topliss-reactive ketones (excluding diaryl/α,β-unsaturated/α-hetero) is 1. The highest BCUT2D eigenvalue weighted by Crippen LogP contribution is 2.33. The summed E-state index contributed by atoms with van der Waals surface area (Å²) in [6.07, 6.45) is 1.87. The molecular formula is C25H24FN3O4S2. The number of carbonyl (C=O) groups excluding carboxylic acids is 2. The summed E-state index contributed by atoms with van der Waals surface area (Å²) in [5, 5.41) is 20.1. The molecule has 0 unspecified atom stereocenters. The Morgan fingerprint density at radius 3 is 2.54 bits per heavy atom. The minimum absolute atomic E-state index is 0.00709. The van der Waals surface area contributed by atoms with E-state index in [0.29, 0.717) is 14.8 Å². The van der Waals surface area contributed by atoms with Crippen LogP contribution >= 0.6 is 24.0 Å². The molecule has 1 fully saturated rings. The average molecular weight is 514 g/mol. The normalized spacial score (nSPS) is 14.7. The average Bonchev–Trinajstić information content (AvgIpc) is 3.05. The van der Waals surface area contributed by atoms with Crippen molar-refractivity contribution in [3.63, 3.8) is 0 Å². The SMILES string of the molecule is Cc1c(C(=O)CCCN2C(=O)/C(=C/c3ccc(F)cc3)SC2=S)c(O)n(CC(C)C)c(=O)c1C#N. The van der Waals surface area contributed by atoms with E-state index >= 15 is 0 Å². The summed E-state index contributed by atoms with van der Waals surface area (Å²) in [5.41, 5.74) is -0.0398. The molecule has 1 aromatic heterocycles. The van der Waals surface area contributed by atoms with Gasteiger partial charge in [-0.05, 0) is 48.6 Å². The summed E-state index contributed by atoms with van der Waals surface area (Å²) in [6, 6.07) is 7.57. The highest BCUT2D eigenvalue weighted by molar-refractivity contribution is 8.26. The number of aromatic nitrogens is 1. The van der Waals surface area contributed by atoms with Crippen molar-refractivity contribution in [1.29, 1.82) is 5.26 Å². The number of hydrogen-bond acceptors (Lipinski definition) is 7. The molecule has 0 spiro atoms. The lowest BCUT2D eigenvalue weighted by molar-refractivity contribution is -0.122. The van der Waals surface area contributed by atoms with Crippen molar-refractivity contribution in [3.05, 3.63) is 67.6 Å². The summed E-state index contributed by atoms with van der Waals surface area (Å²) < 4.78 is 14.5. The van der Waals surface area contributed by atoms with Crippen molar-refractivity contribution in [2.24, 2.45) is 5.92 Å². The van der Waals surface area contributed by atoms with Crippen LogP contribution in [0.3, 0.4) is 0 Å². The second kappa shape index (κ2) is 11.0. The molecule has 7 nitrogen and oxygen atoms in total. The number of hydrogen-bond donors (Lipinski definition) is 1. The lowest BCUT2D eigenvalue weighted by Crippen LogP contribution is -2.30. The Hall–Kier alpha value is -3.29. The van der Waals surface area contributed by atoms with Crippen LogP contribution < -0.4 is 5.56 Å². The number of pyridine rings is 1. The first-order valence-electron chi connectivity index (χ1n) is 11.0. The first-order valence-corrected chi connectivity index (χ1v) is 12.2. The molecule has 10 heteroatoms. The first kappa shape index (κ1) is 26.3. The molecule has 0 aliphatic carbocycles. The van der Waals surface area contributed by atoms with Crippen LogP contribution in [0.4, 0.5) is 4.39 Å². The minimum Gasteiger partial charge on any atom is -0.494 e. The second-order valence-electron chi connectivity index (χ2n) is 8.53. The fraction of sp³-hybridized carbons (Fsp3) is 0.320. The third kappa shape index (κ3) is 5.69. The quantitative estimate of drug-likeness (QED) is 0.317. The van der Waals surface area contributed by atoms with Gasteiger partial charge in [0.1, 0.15) is 21.8 Å². The Morgan fingerprint density at radius 1 is 1.29 bits per heavy atom. The van der Waals surface area contributed by atoms with Gasteiger partial charge in [0.2, 0.25) is 5.88 Å². The van der Waals surface area contributed by atoms with Gasteiger partial charge in [-0.2, -0.15) is 5.26 Å². The van der Waals surface area contributed by atoms with E-state index in [4.69, 9.17) is 12.2 Å². The Balaban J connectivity index is 1.74. The molecule has 1 saturated heterocycles. The molecule has 0 saturated carbocycles. The van der Waals surface area contributed by atoms with E-state index in [1.165, 1.54) is 24.0 Å². The van der Waals surface area contributed by atoms with Gasteiger partial charge in [0.25, 0.3) is 11.5 Å². The van der Waals surface area contributed by atoms with Crippen LogP contribution in [0.25, 0.3) is 6.08 Å². The van der Waals surface area contributed by atoms with Gasteiger partial charge in [0, 0.05) is 19.5 Å². The number of nitrogens with zero attached hydrogens (tertiary/aromatic N) is 3. The molecule has 2 aromatic rings. The van der Waals surface area contributed by atoms with E-state index in [0.717, 1.165) is 16.3 Å². The predicted octanol–water partition coefficient (Wildman–Crippen LogP) is 4.39. The molecule has 182 valence electrons. The smallest absolute Gasteiger partial charge is 0.271 e. The second-order valence-corrected chi connectivity index (χ2v) is 10.2. The number of benzene rings is 1. The zero-order valence-corrected chi connectivity index (χ0v) is 21.1. The molecule has 0 atom stereocenters. The lowest BCUT2D eigenvalue weighted by Gasteiger charge is -2.17. The van der Waals surface area contributed by atoms with Crippen LogP contribution in [-0.4, -0.2) is 37.1 Å². The predicted molar refractivity (Wildman–Crippen MR) is 137 cm³/mol. The van der Waals surface area contributed by atoms with Crippen molar-refractivity contribution in [1.82, 2.24) is 9.47 Å². The van der Waals surface area contributed by atoms with E-state index in [9.17, 15) is 29.1 Å². The van der Waals surface area contributed by atoms with Crippen LogP contribution in [0.1, 0.15) is 53.7 Å². The fourth-order valence-electron chi connectivity index (χ4n) is 3.75. The number of rotatable bonds is 8. The number of carbonyl (C=O) groups is 2. The molecule has 1 aliphatic rings. The van der Waals surface area contributed by atoms with Gasteiger partial charge >= 0.3 is 0 Å². The van der Waals surface area contributed by atoms with Gasteiger partial charge in [0.15, 0.2) is 5.78 Å². The Bertz CT molecular complexity index is 1320. The van der Waals surface area contributed by atoms with E-state index in [1.807, 2.05) is 19.9 Å². The van der Waals surface area contributed by atoms with Gasteiger partial charge < -0.3 is 5.11 Å². The lowest BCUT2D eigenvalue weighted by atomic mass is 9.98. The van der Waals surface area contributed by atoms with Gasteiger partial charge in [-0.3, -0.25) is 23.9 Å². The number of thioether (sulfide) groups is 1. The van der Waals surface area contributed by atoms with Gasteiger partial charge in [-0.1, -0.05) is 50.0 Å². The van der Waals surface area contributed by atoms with Crippen LogP contribution in [0.2, 0.25) is 0 Å². The maximum atomic E-state index is 13.1. The number of thiocarbonyl (C=S) groups is 1. The summed E-state index contributed by atoms with van der Waals surface area (Å²) >= 11 is 6.45. The topological polar surface area (TPSA) is 103 Å². The van der Waals surface area contributed by atoms with Crippen molar-refractivity contribution in [2.45, 2.75) is 40.2 Å². The highest BCUT2D eigenvalue weighted by Gasteiger charge is 2.32. The summed E-state index contributed by atoms with van der Waals surface area (Å²) in [5.74, 6) is -1.54. The molecule has 1 amide bonds. The zero-order valence-electron chi connectivity index (χ0n) is 19.5. The maximum absolute atomic E-state index is 13.1. The van der Waals surface area contributed by atoms with E-state index < -0.39 is 17.2 Å². The Kier molecular flexibility index (Phi) is 8.25. The van der Waals surface area contributed by atoms with Crippen LogP contribution in [0.5, 0.6) is 5.88 Å². The third-order valence-electron chi connectivity index (χ3n) is 5.45. The minimum atomic E-state index is -0.627. The van der Waals surface area contributed by atoms with E-state index in [-0.39, 0.29) is 60.3 Å². The monoisotopic (exact) mass is 513 g/mol. The van der Waals surface area contributed by atoms with Crippen LogP contribution in [-0.2, 0) is 11.3 Å². The number of nitriles is 1. The highest BCUT2D eigenvalue weighted by atomic mass is 32.2. The standard InChI is InChI=1S/C25H24FN3O4S2/c1-14(2)13-29-22(31)18(12-27)15(3)21(24(29)33)19(30)5-4-10-28-23(32)20(35-25(28)34)11-16-6-8-17(26)9-7-16/h6-9,11,14,33H,4-5,10,13H2,1-3H3/b20-11-. The zero-order chi connectivity index (χ0) is 25.9. The van der Waals surface area contributed by atoms with E-state index in [1.54, 1.807) is 18.2 Å². The molecule has 2 heterocycles. The van der Waals surface area contributed by atoms with Gasteiger partial charge in [0.05, 0.1) is 10.5 Å². The van der Waals surface area contributed by atoms with Gasteiger partial charge in [-0.25, -0.2) is 4.39 Å².